The smallest absolute Gasteiger partial charge is 0.222 e. The molecule has 0 unspecified atom stereocenters. The Bertz CT molecular complexity index is 546. The minimum absolute atomic E-state index is 0.0485. The van der Waals surface area contributed by atoms with Crippen LogP contribution in [0.2, 0.25) is 0 Å². The molecule has 0 saturated carbocycles. The highest BCUT2D eigenvalue weighted by atomic mass is 16.2. The van der Waals surface area contributed by atoms with E-state index in [4.69, 9.17) is 0 Å². The monoisotopic (exact) mass is 331 g/mol. The molecule has 0 bridgehead atoms. The Kier molecular flexibility index (Phi) is 6.79. The standard InChI is InChI=1S/C19H29N3O2/c1-15(2)14-19(24)22-12-10-21(11-13-22)9-8-17-4-6-18(7-5-17)20-16(3)23/h4-7,15H,8-14H2,1-3H3,(H,20,23). The van der Waals surface area contributed by atoms with Gasteiger partial charge in [-0.1, -0.05) is 26.0 Å². The Hall–Kier alpha value is -1.88. The first-order chi connectivity index (χ1) is 11.4. The summed E-state index contributed by atoms with van der Waals surface area (Å²) in [6, 6.07) is 8.01. The Labute approximate surface area is 145 Å². The molecule has 24 heavy (non-hydrogen) atoms. The van der Waals surface area contributed by atoms with Gasteiger partial charge in [-0.3, -0.25) is 14.5 Å². The number of hydrogen-bond acceptors (Lipinski definition) is 3. The fraction of sp³-hybridized carbons (Fsp3) is 0.579. The molecular weight excluding hydrogens is 302 g/mol. The summed E-state index contributed by atoms with van der Waals surface area (Å²) in [4.78, 5) is 27.5. The van der Waals surface area contributed by atoms with E-state index >= 15 is 0 Å². The first kappa shape index (κ1) is 18.5. The highest BCUT2D eigenvalue weighted by Crippen LogP contribution is 2.12. The summed E-state index contributed by atoms with van der Waals surface area (Å²) in [6.45, 7) is 10.3. The molecule has 0 atom stereocenters. The van der Waals surface area contributed by atoms with Crippen molar-refractivity contribution in [3.63, 3.8) is 0 Å². The Morgan fingerprint density at radius 2 is 1.71 bits per heavy atom. The van der Waals surface area contributed by atoms with E-state index in [0.717, 1.165) is 44.8 Å². The maximum Gasteiger partial charge on any atom is 0.222 e. The molecule has 1 fully saturated rings. The molecule has 1 heterocycles. The number of carbonyl (C=O) groups excluding carboxylic acids is 2. The summed E-state index contributed by atoms with van der Waals surface area (Å²) in [5, 5.41) is 2.78. The number of amides is 2. The van der Waals surface area contributed by atoms with Crippen LogP contribution in [0.3, 0.4) is 0 Å². The van der Waals surface area contributed by atoms with E-state index in [1.807, 2.05) is 17.0 Å². The third kappa shape index (κ3) is 5.96. The van der Waals surface area contributed by atoms with Gasteiger partial charge in [0.1, 0.15) is 0 Å². The van der Waals surface area contributed by atoms with Crippen molar-refractivity contribution in [2.45, 2.75) is 33.6 Å². The molecule has 5 heteroatoms. The summed E-state index contributed by atoms with van der Waals surface area (Å²) in [5.74, 6) is 0.668. The van der Waals surface area contributed by atoms with E-state index in [-0.39, 0.29) is 5.91 Å². The lowest BCUT2D eigenvalue weighted by molar-refractivity contribution is -0.133. The number of benzene rings is 1. The lowest BCUT2D eigenvalue weighted by Gasteiger charge is -2.35. The molecular formula is C19H29N3O2. The Balaban J connectivity index is 1.72. The molecule has 2 rings (SSSR count). The maximum atomic E-state index is 12.1. The minimum Gasteiger partial charge on any atom is -0.340 e. The van der Waals surface area contributed by atoms with Crippen molar-refractivity contribution in [1.82, 2.24) is 9.80 Å². The molecule has 0 radical (unpaired) electrons. The van der Waals surface area contributed by atoms with Gasteiger partial charge in [0.05, 0.1) is 0 Å². The molecule has 1 saturated heterocycles. The number of hydrogen-bond donors (Lipinski definition) is 1. The normalized spacial score (nSPS) is 15.6. The van der Waals surface area contributed by atoms with Crippen LogP contribution in [0.15, 0.2) is 24.3 Å². The van der Waals surface area contributed by atoms with E-state index in [2.05, 4.69) is 36.2 Å². The van der Waals surface area contributed by atoms with Gasteiger partial charge in [-0.15, -0.1) is 0 Å². The van der Waals surface area contributed by atoms with Crippen LogP contribution in [0.25, 0.3) is 0 Å². The van der Waals surface area contributed by atoms with Crippen LogP contribution in [0, 0.1) is 5.92 Å². The molecule has 1 aliphatic rings. The van der Waals surface area contributed by atoms with Crippen molar-refractivity contribution in [2.75, 3.05) is 38.0 Å². The van der Waals surface area contributed by atoms with Gasteiger partial charge in [0.15, 0.2) is 0 Å². The van der Waals surface area contributed by atoms with Gasteiger partial charge >= 0.3 is 0 Å². The Morgan fingerprint density at radius 3 is 2.25 bits per heavy atom. The SMILES string of the molecule is CC(=O)Nc1ccc(CCN2CCN(C(=O)CC(C)C)CC2)cc1. The second-order valence-electron chi connectivity index (χ2n) is 6.95. The van der Waals surface area contributed by atoms with Gasteiger partial charge in [-0.25, -0.2) is 0 Å². The lowest BCUT2D eigenvalue weighted by Crippen LogP contribution is -2.49. The van der Waals surface area contributed by atoms with Crippen LogP contribution < -0.4 is 5.32 Å². The fourth-order valence-corrected chi connectivity index (χ4v) is 2.94. The third-order valence-corrected chi connectivity index (χ3v) is 4.30. The predicted molar refractivity (Wildman–Crippen MR) is 96.9 cm³/mol. The quantitative estimate of drug-likeness (QED) is 0.871. The summed E-state index contributed by atoms with van der Waals surface area (Å²) in [7, 11) is 0. The lowest BCUT2D eigenvalue weighted by atomic mass is 10.1. The van der Waals surface area contributed by atoms with Gasteiger partial charge in [-0.05, 0) is 30.0 Å². The molecule has 5 nitrogen and oxygen atoms in total. The zero-order valence-electron chi connectivity index (χ0n) is 15.0. The van der Waals surface area contributed by atoms with Gasteiger partial charge in [-0.2, -0.15) is 0 Å². The van der Waals surface area contributed by atoms with E-state index in [9.17, 15) is 9.59 Å². The molecule has 1 aromatic rings. The largest absolute Gasteiger partial charge is 0.340 e. The maximum absolute atomic E-state index is 12.1. The van der Waals surface area contributed by atoms with Gasteiger partial charge in [0.2, 0.25) is 11.8 Å². The van der Waals surface area contributed by atoms with Gasteiger partial charge in [0.25, 0.3) is 0 Å². The molecule has 1 aliphatic heterocycles. The number of nitrogens with one attached hydrogen (secondary N) is 1. The highest BCUT2D eigenvalue weighted by molar-refractivity contribution is 5.88. The molecule has 1 aromatic carbocycles. The second-order valence-corrected chi connectivity index (χ2v) is 6.95. The van der Waals surface area contributed by atoms with Crippen LogP contribution in [0.4, 0.5) is 5.69 Å². The van der Waals surface area contributed by atoms with Crippen molar-refractivity contribution in [2.24, 2.45) is 5.92 Å². The summed E-state index contributed by atoms with van der Waals surface area (Å²) in [6.07, 6.45) is 1.64. The zero-order chi connectivity index (χ0) is 17.5. The van der Waals surface area contributed by atoms with Crippen molar-refractivity contribution in [3.05, 3.63) is 29.8 Å². The number of anilines is 1. The number of carbonyl (C=O) groups is 2. The highest BCUT2D eigenvalue weighted by Gasteiger charge is 2.21. The topological polar surface area (TPSA) is 52.7 Å². The minimum atomic E-state index is -0.0485. The van der Waals surface area contributed by atoms with Crippen molar-refractivity contribution < 1.29 is 9.59 Å². The zero-order valence-corrected chi connectivity index (χ0v) is 15.0. The molecule has 2 amide bonds. The number of rotatable bonds is 6. The van der Waals surface area contributed by atoms with Crippen LogP contribution in [0.1, 0.15) is 32.8 Å². The molecule has 0 spiro atoms. The summed E-state index contributed by atoms with van der Waals surface area (Å²) >= 11 is 0. The van der Waals surface area contributed by atoms with E-state index in [1.54, 1.807) is 0 Å². The van der Waals surface area contributed by atoms with Crippen molar-refractivity contribution >= 4 is 17.5 Å². The summed E-state index contributed by atoms with van der Waals surface area (Å²) in [5.41, 5.74) is 2.10. The fourth-order valence-electron chi connectivity index (χ4n) is 2.94. The summed E-state index contributed by atoms with van der Waals surface area (Å²) < 4.78 is 0. The van der Waals surface area contributed by atoms with Crippen molar-refractivity contribution in [3.8, 4) is 0 Å². The number of nitrogens with zero attached hydrogens (tertiary/aromatic N) is 2. The molecule has 1 N–H and O–H groups in total. The second kappa shape index (κ2) is 8.83. The van der Waals surface area contributed by atoms with E-state index < -0.39 is 0 Å². The van der Waals surface area contributed by atoms with Crippen LogP contribution in [0.5, 0.6) is 0 Å². The Morgan fingerprint density at radius 1 is 1.08 bits per heavy atom. The van der Waals surface area contributed by atoms with Crippen LogP contribution >= 0.6 is 0 Å². The van der Waals surface area contributed by atoms with Gasteiger partial charge in [0, 0.05) is 51.8 Å². The predicted octanol–water partition coefficient (Wildman–Crippen LogP) is 2.38. The molecule has 0 aromatic heterocycles. The average Bonchev–Trinajstić information content (AvgIpc) is 2.53. The van der Waals surface area contributed by atoms with E-state index in [1.165, 1.54) is 12.5 Å². The average molecular weight is 331 g/mol. The van der Waals surface area contributed by atoms with Crippen molar-refractivity contribution in [1.29, 1.82) is 0 Å². The third-order valence-electron chi connectivity index (χ3n) is 4.30. The number of piperazine rings is 1. The first-order valence-corrected chi connectivity index (χ1v) is 8.80. The first-order valence-electron chi connectivity index (χ1n) is 8.80. The molecule has 132 valence electrons. The van der Waals surface area contributed by atoms with E-state index in [0.29, 0.717) is 18.2 Å². The van der Waals surface area contributed by atoms with Gasteiger partial charge < -0.3 is 10.2 Å². The molecule has 0 aliphatic carbocycles. The van der Waals surface area contributed by atoms with Crippen LogP contribution in [-0.4, -0.2) is 54.3 Å². The van der Waals surface area contributed by atoms with Crippen LogP contribution in [-0.2, 0) is 16.0 Å².